The van der Waals surface area contributed by atoms with Crippen LogP contribution in [0.15, 0.2) is 34.3 Å². The zero-order chi connectivity index (χ0) is 24.7. The smallest absolute Gasteiger partial charge is 0.220 e. The van der Waals surface area contributed by atoms with Crippen LogP contribution in [0.2, 0.25) is 0 Å². The second-order valence-corrected chi connectivity index (χ2v) is 11.3. The summed E-state index contributed by atoms with van der Waals surface area (Å²) in [7, 11) is 0. The molecule has 1 aromatic heterocycles. The third kappa shape index (κ3) is 4.80. The number of fused-ring (bicyclic) bond motifs is 3. The number of hydrogen-bond donors (Lipinski definition) is 1. The standard InChI is InChI=1S/C28H38FN5O/c1-18-15-22-21-7-5-6-8-24(21)32-25(22)26(34(18)17-28(3,4)29)23-16-30-27(31-19(23)2)33-12-9-20(10-13-33)11-14-35/h5-8,14,16,18-20,23,26,32H,9-13,15,17H2,1-4H3/t18-,19?,23?,26-/m1/s1. The maximum absolute atomic E-state index is 15.0. The molecule has 6 nitrogen and oxygen atoms in total. The molecule has 3 aliphatic heterocycles. The number of halogens is 1. The van der Waals surface area contributed by atoms with E-state index in [0.29, 0.717) is 18.9 Å². The fourth-order valence-electron chi connectivity index (χ4n) is 6.24. The lowest BCUT2D eigenvalue weighted by Gasteiger charge is -2.46. The van der Waals surface area contributed by atoms with E-state index in [-0.39, 0.29) is 24.0 Å². The average Bonchev–Trinajstić information content (AvgIpc) is 3.18. The van der Waals surface area contributed by atoms with Crippen LogP contribution < -0.4 is 0 Å². The summed E-state index contributed by atoms with van der Waals surface area (Å²) >= 11 is 0. The van der Waals surface area contributed by atoms with Crippen molar-refractivity contribution < 1.29 is 9.18 Å². The van der Waals surface area contributed by atoms with E-state index in [9.17, 15) is 4.79 Å². The van der Waals surface area contributed by atoms with E-state index in [1.807, 2.05) is 0 Å². The first-order valence-electron chi connectivity index (χ1n) is 13.1. The zero-order valence-electron chi connectivity index (χ0n) is 21.4. The Kier molecular flexibility index (Phi) is 6.55. The third-order valence-corrected chi connectivity index (χ3v) is 8.05. The van der Waals surface area contributed by atoms with Gasteiger partial charge in [0.2, 0.25) is 5.96 Å². The Balaban J connectivity index is 1.45. The van der Waals surface area contributed by atoms with Crippen LogP contribution in [0.5, 0.6) is 0 Å². The number of guanidine groups is 1. The molecule has 1 N–H and O–H groups in total. The number of piperidine rings is 1. The largest absolute Gasteiger partial charge is 0.357 e. The highest BCUT2D eigenvalue weighted by molar-refractivity contribution is 5.91. The van der Waals surface area contributed by atoms with Crippen LogP contribution in [0.3, 0.4) is 0 Å². The molecular formula is C28H38FN5O. The van der Waals surface area contributed by atoms with E-state index in [0.717, 1.165) is 50.1 Å². The molecule has 0 saturated carbocycles. The van der Waals surface area contributed by atoms with Crippen LogP contribution in [0, 0.1) is 11.8 Å². The topological polar surface area (TPSA) is 64.1 Å². The number of carbonyl (C=O) groups is 1. The molecule has 0 aliphatic carbocycles. The van der Waals surface area contributed by atoms with E-state index in [1.165, 1.54) is 16.6 Å². The quantitative estimate of drug-likeness (QED) is 0.617. The number of aromatic amines is 1. The van der Waals surface area contributed by atoms with Crippen LogP contribution in [-0.2, 0) is 11.2 Å². The molecular weight excluding hydrogens is 441 g/mol. The lowest BCUT2D eigenvalue weighted by molar-refractivity contribution is -0.108. The first kappa shape index (κ1) is 24.2. The number of aliphatic imine (C=N–C) groups is 2. The molecule has 0 spiro atoms. The van der Waals surface area contributed by atoms with E-state index >= 15 is 4.39 Å². The number of aldehydes is 1. The molecule has 1 fully saturated rings. The number of nitrogens with zero attached hydrogens (tertiary/aromatic N) is 4. The van der Waals surface area contributed by atoms with Gasteiger partial charge in [-0.2, -0.15) is 0 Å². The number of para-hydroxylation sites is 1. The van der Waals surface area contributed by atoms with Gasteiger partial charge in [-0.25, -0.2) is 14.4 Å². The van der Waals surface area contributed by atoms with Crippen LogP contribution >= 0.6 is 0 Å². The van der Waals surface area contributed by atoms with Gasteiger partial charge in [-0.15, -0.1) is 0 Å². The number of benzene rings is 1. The van der Waals surface area contributed by atoms with Crippen molar-refractivity contribution in [2.45, 2.75) is 77.2 Å². The number of likely N-dealkylation sites (tertiary alicyclic amines) is 1. The number of nitrogens with one attached hydrogen (secondary N) is 1. The molecule has 2 aromatic rings. The van der Waals surface area contributed by atoms with Gasteiger partial charge in [-0.1, -0.05) is 18.2 Å². The number of aromatic nitrogens is 1. The summed E-state index contributed by atoms with van der Waals surface area (Å²) < 4.78 is 15.0. The van der Waals surface area contributed by atoms with Gasteiger partial charge in [0.1, 0.15) is 12.0 Å². The molecule has 0 bridgehead atoms. The molecule has 2 unspecified atom stereocenters. The number of alkyl halides is 1. The van der Waals surface area contributed by atoms with Crippen molar-refractivity contribution in [1.29, 1.82) is 0 Å². The highest BCUT2D eigenvalue weighted by Gasteiger charge is 2.43. The maximum Gasteiger partial charge on any atom is 0.220 e. The van der Waals surface area contributed by atoms with Crippen LogP contribution in [-0.4, -0.2) is 70.6 Å². The van der Waals surface area contributed by atoms with Crippen molar-refractivity contribution in [2.75, 3.05) is 19.6 Å². The highest BCUT2D eigenvalue weighted by Crippen LogP contribution is 2.43. The fraction of sp³-hybridized carbons (Fsp3) is 0.607. The Morgan fingerprint density at radius 2 is 1.94 bits per heavy atom. The van der Waals surface area contributed by atoms with Crippen molar-refractivity contribution in [3.63, 3.8) is 0 Å². The van der Waals surface area contributed by atoms with Crippen LogP contribution in [0.4, 0.5) is 4.39 Å². The first-order valence-corrected chi connectivity index (χ1v) is 13.1. The van der Waals surface area contributed by atoms with Gasteiger partial charge in [-0.3, -0.25) is 4.90 Å². The molecule has 4 atom stereocenters. The van der Waals surface area contributed by atoms with Gasteiger partial charge in [0, 0.05) is 60.8 Å². The Morgan fingerprint density at radius 1 is 1.20 bits per heavy atom. The molecule has 1 aromatic carbocycles. The summed E-state index contributed by atoms with van der Waals surface area (Å²) in [4.78, 5) is 29.1. The molecule has 5 rings (SSSR count). The van der Waals surface area contributed by atoms with Gasteiger partial charge in [-0.05, 0) is 64.5 Å². The zero-order valence-corrected chi connectivity index (χ0v) is 21.4. The lowest BCUT2D eigenvalue weighted by Crippen LogP contribution is -2.52. The monoisotopic (exact) mass is 479 g/mol. The Morgan fingerprint density at radius 3 is 2.63 bits per heavy atom. The van der Waals surface area contributed by atoms with Crippen molar-refractivity contribution >= 4 is 29.4 Å². The predicted octanol–water partition coefficient (Wildman–Crippen LogP) is 4.95. The summed E-state index contributed by atoms with van der Waals surface area (Å²) in [5.74, 6) is 1.32. The molecule has 35 heavy (non-hydrogen) atoms. The number of carbonyl (C=O) groups excluding carboxylic acids is 1. The molecule has 0 amide bonds. The van der Waals surface area contributed by atoms with Gasteiger partial charge < -0.3 is 14.7 Å². The first-order chi connectivity index (χ1) is 16.7. The Bertz CT molecular complexity index is 1120. The summed E-state index contributed by atoms with van der Waals surface area (Å²) in [5.41, 5.74) is 2.37. The second kappa shape index (κ2) is 9.49. The minimum Gasteiger partial charge on any atom is -0.357 e. The summed E-state index contributed by atoms with van der Waals surface area (Å²) in [6.07, 6.45) is 6.66. The Labute approximate surface area is 207 Å². The summed E-state index contributed by atoms with van der Waals surface area (Å²) in [6, 6.07) is 8.68. The minimum atomic E-state index is -1.30. The highest BCUT2D eigenvalue weighted by atomic mass is 19.1. The van der Waals surface area contributed by atoms with E-state index in [2.05, 4.69) is 59.1 Å². The minimum absolute atomic E-state index is 0.0152. The van der Waals surface area contributed by atoms with Crippen molar-refractivity contribution in [3.05, 3.63) is 35.5 Å². The molecule has 1 saturated heterocycles. The second-order valence-electron chi connectivity index (χ2n) is 11.3. The average molecular weight is 480 g/mol. The molecule has 188 valence electrons. The molecule has 7 heteroatoms. The normalized spacial score (nSPS) is 28.3. The molecule has 3 aliphatic rings. The van der Waals surface area contributed by atoms with Crippen molar-refractivity contribution in [2.24, 2.45) is 21.8 Å². The number of hydrogen-bond acceptors (Lipinski definition) is 5. The predicted molar refractivity (Wildman–Crippen MR) is 140 cm³/mol. The maximum atomic E-state index is 15.0. The SMILES string of the molecule is CC1N=C(N2CCC(CC=O)CC2)N=CC1[C@@H]1c2[nH]c3ccccc3c2C[C@@H](C)N1CC(C)(C)F. The van der Waals surface area contributed by atoms with E-state index in [1.54, 1.807) is 13.8 Å². The van der Waals surface area contributed by atoms with Gasteiger partial charge in [0.05, 0.1) is 12.1 Å². The van der Waals surface area contributed by atoms with Gasteiger partial charge in [0.15, 0.2) is 0 Å². The van der Waals surface area contributed by atoms with Gasteiger partial charge >= 0.3 is 0 Å². The molecule has 4 heterocycles. The van der Waals surface area contributed by atoms with Crippen molar-refractivity contribution in [3.8, 4) is 0 Å². The summed E-state index contributed by atoms with van der Waals surface area (Å²) in [5, 5.41) is 1.27. The van der Waals surface area contributed by atoms with E-state index in [4.69, 9.17) is 9.98 Å². The van der Waals surface area contributed by atoms with Crippen LogP contribution in [0.25, 0.3) is 10.9 Å². The fourth-order valence-corrected chi connectivity index (χ4v) is 6.24. The van der Waals surface area contributed by atoms with E-state index < -0.39 is 5.67 Å². The van der Waals surface area contributed by atoms with Crippen LogP contribution in [0.1, 0.15) is 64.3 Å². The number of H-pyrrole nitrogens is 1. The third-order valence-electron chi connectivity index (χ3n) is 8.05. The number of rotatable bonds is 5. The lowest BCUT2D eigenvalue weighted by atomic mass is 9.82. The van der Waals surface area contributed by atoms with Gasteiger partial charge in [0.25, 0.3) is 0 Å². The summed E-state index contributed by atoms with van der Waals surface area (Å²) in [6.45, 7) is 9.86. The van der Waals surface area contributed by atoms with Crippen molar-refractivity contribution in [1.82, 2.24) is 14.8 Å². The molecule has 0 radical (unpaired) electrons. The Hall–Kier alpha value is -2.54.